The first-order chi connectivity index (χ1) is 18.6. The largest absolute Gasteiger partial charge is 0.378 e. The number of amides is 1. The molecule has 1 aromatic carbocycles. The maximum Gasteiger partial charge on any atom is 0.275 e. The van der Waals surface area contributed by atoms with Crippen molar-refractivity contribution in [2.45, 2.75) is 0 Å². The van der Waals surface area contributed by atoms with Crippen molar-refractivity contribution in [3.63, 3.8) is 0 Å². The van der Waals surface area contributed by atoms with Gasteiger partial charge in [-0.1, -0.05) is 12.1 Å². The molecular weight excluding hydrogens is 484 g/mol. The number of carbonyl (C=O) groups is 1. The van der Waals surface area contributed by atoms with Crippen LogP contribution in [0.25, 0.3) is 33.5 Å². The minimum absolute atomic E-state index is 0.179. The van der Waals surface area contributed by atoms with E-state index < -0.39 is 0 Å². The first kappa shape index (κ1) is 23.3. The fourth-order valence-corrected chi connectivity index (χ4v) is 4.13. The van der Waals surface area contributed by atoms with Crippen LogP contribution in [0.5, 0.6) is 0 Å². The first-order valence-corrected chi connectivity index (χ1v) is 11.9. The van der Waals surface area contributed by atoms with E-state index in [0.29, 0.717) is 54.4 Å². The monoisotopic (exact) mass is 506 g/mol. The van der Waals surface area contributed by atoms with Crippen LogP contribution in [0.15, 0.2) is 67.5 Å². The SMILES string of the molecule is Nc1ncc(-c2nc(N3CCOCC3)c3ncc(-c4cccc(NC(=O)c5cnccn5)c4)cc3n2)cn1. The molecule has 3 N–H and O–H groups in total. The van der Waals surface area contributed by atoms with Gasteiger partial charge in [-0.2, -0.15) is 0 Å². The number of benzene rings is 1. The van der Waals surface area contributed by atoms with Gasteiger partial charge in [0.2, 0.25) is 5.95 Å². The Kier molecular flexibility index (Phi) is 6.20. The lowest BCUT2D eigenvalue weighted by Crippen LogP contribution is -2.37. The van der Waals surface area contributed by atoms with Crippen LogP contribution in [0.1, 0.15) is 10.5 Å². The molecule has 0 spiro atoms. The van der Waals surface area contributed by atoms with Gasteiger partial charge in [-0.25, -0.2) is 24.9 Å². The van der Waals surface area contributed by atoms with Gasteiger partial charge < -0.3 is 20.7 Å². The molecule has 1 amide bonds. The summed E-state index contributed by atoms with van der Waals surface area (Å²) in [6.45, 7) is 2.61. The molecule has 12 heteroatoms. The van der Waals surface area contributed by atoms with E-state index in [4.69, 9.17) is 25.4 Å². The predicted molar refractivity (Wildman–Crippen MR) is 141 cm³/mol. The van der Waals surface area contributed by atoms with Gasteiger partial charge in [0.1, 0.15) is 11.2 Å². The van der Waals surface area contributed by atoms with Gasteiger partial charge in [0, 0.05) is 55.3 Å². The van der Waals surface area contributed by atoms with Gasteiger partial charge in [-0.3, -0.25) is 14.8 Å². The standard InChI is InChI=1S/C26H22N10O2/c27-26-31-13-18(14-32-26)23-34-20-11-17(12-30-22(20)24(35-23)36-6-8-38-9-7-36)16-2-1-3-19(10-16)33-25(37)21-15-28-4-5-29-21/h1-5,10-15H,6-9H2,(H,33,37)(H2,27,31,32). The van der Waals surface area contributed by atoms with Crippen molar-refractivity contribution in [2.24, 2.45) is 0 Å². The number of anilines is 3. The Balaban J connectivity index is 1.39. The lowest BCUT2D eigenvalue weighted by Gasteiger charge is -2.28. The Morgan fingerprint density at radius 3 is 2.50 bits per heavy atom. The van der Waals surface area contributed by atoms with Crippen molar-refractivity contribution in [1.29, 1.82) is 0 Å². The van der Waals surface area contributed by atoms with Crippen LogP contribution in [0, 0.1) is 0 Å². The topological polar surface area (TPSA) is 158 Å². The van der Waals surface area contributed by atoms with Crippen molar-refractivity contribution in [2.75, 3.05) is 42.3 Å². The van der Waals surface area contributed by atoms with Crippen LogP contribution in [0.4, 0.5) is 17.5 Å². The molecule has 5 heterocycles. The summed E-state index contributed by atoms with van der Waals surface area (Å²) in [6, 6.07) is 9.45. The van der Waals surface area contributed by atoms with E-state index in [0.717, 1.165) is 16.9 Å². The van der Waals surface area contributed by atoms with Gasteiger partial charge in [0.05, 0.1) is 30.5 Å². The summed E-state index contributed by atoms with van der Waals surface area (Å²) >= 11 is 0. The van der Waals surface area contributed by atoms with Gasteiger partial charge in [-0.15, -0.1) is 0 Å². The number of aromatic nitrogens is 7. The van der Waals surface area contributed by atoms with Crippen molar-refractivity contribution in [3.05, 3.63) is 73.2 Å². The van der Waals surface area contributed by atoms with E-state index in [9.17, 15) is 4.79 Å². The summed E-state index contributed by atoms with van der Waals surface area (Å²) in [5.41, 5.74) is 10.2. The molecule has 38 heavy (non-hydrogen) atoms. The summed E-state index contributed by atoms with van der Waals surface area (Å²) in [4.78, 5) is 45.2. The third-order valence-corrected chi connectivity index (χ3v) is 6.01. The molecule has 0 atom stereocenters. The molecular formula is C26H22N10O2. The number of morpholine rings is 1. The van der Waals surface area contributed by atoms with Crippen LogP contribution < -0.4 is 16.0 Å². The van der Waals surface area contributed by atoms with Gasteiger partial charge >= 0.3 is 0 Å². The van der Waals surface area contributed by atoms with Gasteiger partial charge in [0.25, 0.3) is 5.91 Å². The van der Waals surface area contributed by atoms with Crippen molar-refractivity contribution in [3.8, 4) is 22.5 Å². The maximum absolute atomic E-state index is 12.5. The molecule has 1 aliphatic rings. The lowest BCUT2D eigenvalue weighted by molar-refractivity contribution is 0.102. The zero-order valence-corrected chi connectivity index (χ0v) is 20.2. The highest BCUT2D eigenvalue weighted by Gasteiger charge is 2.20. The molecule has 0 aliphatic carbocycles. The number of ether oxygens (including phenoxy) is 1. The van der Waals surface area contributed by atoms with Crippen LogP contribution in [0.2, 0.25) is 0 Å². The van der Waals surface area contributed by atoms with Crippen molar-refractivity contribution >= 4 is 34.4 Å². The normalized spacial score (nSPS) is 13.4. The van der Waals surface area contributed by atoms with Gasteiger partial charge in [0.15, 0.2) is 11.6 Å². The Morgan fingerprint density at radius 2 is 1.71 bits per heavy atom. The Bertz CT molecular complexity index is 1610. The van der Waals surface area contributed by atoms with Crippen LogP contribution >= 0.6 is 0 Å². The highest BCUT2D eigenvalue weighted by atomic mass is 16.5. The maximum atomic E-state index is 12.5. The molecule has 0 unspecified atom stereocenters. The van der Waals surface area contributed by atoms with E-state index in [1.165, 1.54) is 18.6 Å². The third-order valence-electron chi connectivity index (χ3n) is 6.01. The molecule has 0 bridgehead atoms. The molecule has 1 fully saturated rings. The number of nitrogen functional groups attached to an aromatic ring is 1. The minimum atomic E-state index is -0.342. The summed E-state index contributed by atoms with van der Waals surface area (Å²) in [7, 11) is 0. The summed E-state index contributed by atoms with van der Waals surface area (Å²) in [5, 5.41) is 2.86. The minimum Gasteiger partial charge on any atom is -0.378 e. The molecule has 0 radical (unpaired) electrons. The number of nitrogens with two attached hydrogens (primary N) is 1. The molecule has 6 rings (SSSR count). The van der Waals surface area contributed by atoms with E-state index in [2.05, 4.69) is 30.2 Å². The summed E-state index contributed by atoms with van der Waals surface area (Å²) in [6.07, 6.45) is 9.40. The number of pyridine rings is 1. The number of nitrogens with one attached hydrogen (secondary N) is 1. The average molecular weight is 507 g/mol. The van der Waals surface area contributed by atoms with Crippen LogP contribution in [-0.4, -0.2) is 67.1 Å². The first-order valence-electron chi connectivity index (χ1n) is 11.9. The molecule has 188 valence electrons. The smallest absolute Gasteiger partial charge is 0.275 e. The molecule has 12 nitrogen and oxygen atoms in total. The Labute approximate surface area is 217 Å². The van der Waals surface area contributed by atoms with E-state index >= 15 is 0 Å². The lowest BCUT2D eigenvalue weighted by atomic mass is 10.1. The van der Waals surface area contributed by atoms with Gasteiger partial charge in [-0.05, 0) is 23.8 Å². The molecule has 1 aliphatic heterocycles. The zero-order chi connectivity index (χ0) is 25.9. The number of hydrogen-bond donors (Lipinski definition) is 2. The van der Waals surface area contributed by atoms with E-state index in [1.807, 2.05) is 30.3 Å². The van der Waals surface area contributed by atoms with Crippen LogP contribution in [-0.2, 0) is 4.74 Å². The molecule has 0 saturated carbocycles. The second-order valence-corrected chi connectivity index (χ2v) is 8.52. The molecule has 4 aromatic heterocycles. The summed E-state index contributed by atoms with van der Waals surface area (Å²) < 4.78 is 5.53. The highest BCUT2D eigenvalue weighted by Crippen LogP contribution is 2.30. The van der Waals surface area contributed by atoms with Crippen molar-refractivity contribution in [1.82, 2.24) is 34.9 Å². The fraction of sp³-hybridized carbons (Fsp3) is 0.154. The number of rotatable bonds is 5. The number of fused-ring (bicyclic) bond motifs is 1. The quantitative estimate of drug-likeness (QED) is 0.361. The third kappa shape index (κ3) is 4.80. The van der Waals surface area contributed by atoms with E-state index in [1.54, 1.807) is 18.6 Å². The highest BCUT2D eigenvalue weighted by molar-refractivity contribution is 6.03. The zero-order valence-electron chi connectivity index (χ0n) is 20.2. The molecule has 1 saturated heterocycles. The second-order valence-electron chi connectivity index (χ2n) is 8.52. The summed E-state index contributed by atoms with van der Waals surface area (Å²) in [5.74, 6) is 1.04. The second kappa shape index (κ2) is 10.1. The Hall–Kier alpha value is -5.10. The predicted octanol–water partition coefficient (Wildman–Crippen LogP) is 2.61. The Morgan fingerprint density at radius 1 is 0.895 bits per heavy atom. The number of carbonyl (C=O) groups excluding carboxylic acids is 1. The van der Waals surface area contributed by atoms with Crippen LogP contribution in [0.3, 0.4) is 0 Å². The fourth-order valence-electron chi connectivity index (χ4n) is 4.13. The van der Waals surface area contributed by atoms with E-state index in [-0.39, 0.29) is 17.5 Å². The average Bonchev–Trinajstić information content (AvgIpc) is 2.97. The number of hydrogen-bond acceptors (Lipinski definition) is 11. The number of nitrogens with zero attached hydrogens (tertiary/aromatic N) is 8. The molecule has 5 aromatic rings. The van der Waals surface area contributed by atoms with Crippen molar-refractivity contribution < 1.29 is 9.53 Å².